The van der Waals surface area contributed by atoms with Gasteiger partial charge in [0.25, 0.3) is 11.5 Å². The number of carbonyl (C=O) groups excluding carboxylic acids is 1. The Labute approximate surface area is 178 Å². The van der Waals surface area contributed by atoms with Gasteiger partial charge in [0.05, 0.1) is 5.69 Å². The number of nitrogens with zero attached hydrogens (tertiary/aromatic N) is 2. The summed E-state index contributed by atoms with van der Waals surface area (Å²) in [6.07, 6.45) is 1.67. The number of aryl methyl sites for hydroxylation is 1. The zero-order chi connectivity index (χ0) is 21.6. The van der Waals surface area contributed by atoms with E-state index in [1.54, 1.807) is 48.7 Å². The molecule has 0 unspecified atom stereocenters. The van der Waals surface area contributed by atoms with Crippen LogP contribution in [0.5, 0.6) is 11.5 Å². The molecular formula is C24H21N3O4. The maximum Gasteiger partial charge on any atom is 0.262 e. The summed E-state index contributed by atoms with van der Waals surface area (Å²) in [6, 6.07) is 21.3. The molecule has 31 heavy (non-hydrogen) atoms. The van der Waals surface area contributed by atoms with Gasteiger partial charge >= 0.3 is 0 Å². The predicted molar refractivity (Wildman–Crippen MR) is 118 cm³/mol. The van der Waals surface area contributed by atoms with E-state index in [0.29, 0.717) is 28.5 Å². The van der Waals surface area contributed by atoms with Crippen molar-refractivity contribution in [3.8, 4) is 11.5 Å². The third-order valence-corrected chi connectivity index (χ3v) is 4.49. The summed E-state index contributed by atoms with van der Waals surface area (Å²) in [4.78, 5) is 28.8. The lowest BCUT2D eigenvalue weighted by Gasteiger charge is -2.10. The highest BCUT2D eigenvalue weighted by molar-refractivity contribution is 5.92. The Morgan fingerprint density at radius 3 is 2.61 bits per heavy atom. The van der Waals surface area contributed by atoms with Gasteiger partial charge in [-0.15, -0.1) is 0 Å². The Bertz CT molecular complexity index is 1280. The second kappa shape index (κ2) is 9.13. The van der Waals surface area contributed by atoms with Crippen LogP contribution >= 0.6 is 0 Å². The molecule has 0 aliphatic rings. The van der Waals surface area contributed by atoms with Crippen molar-refractivity contribution in [2.75, 3.05) is 11.9 Å². The zero-order valence-corrected chi connectivity index (χ0v) is 16.9. The van der Waals surface area contributed by atoms with Gasteiger partial charge in [-0.05, 0) is 48.9 Å². The molecule has 0 saturated heterocycles. The molecule has 2 aromatic heterocycles. The van der Waals surface area contributed by atoms with Crippen LogP contribution < -0.4 is 20.3 Å². The summed E-state index contributed by atoms with van der Waals surface area (Å²) in [5.41, 5.74) is 2.56. The number of benzene rings is 2. The average molecular weight is 415 g/mol. The van der Waals surface area contributed by atoms with Crippen LogP contribution in [0.1, 0.15) is 11.3 Å². The minimum absolute atomic E-state index is 0.0977. The Morgan fingerprint density at radius 1 is 0.968 bits per heavy atom. The van der Waals surface area contributed by atoms with Gasteiger partial charge in [-0.25, -0.2) is 4.98 Å². The van der Waals surface area contributed by atoms with E-state index in [2.05, 4.69) is 10.3 Å². The van der Waals surface area contributed by atoms with E-state index >= 15 is 0 Å². The number of hydrogen-bond donors (Lipinski definition) is 1. The normalized spacial score (nSPS) is 10.6. The van der Waals surface area contributed by atoms with E-state index < -0.39 is 0 Å². The maximum atomic E-state index is 12.2. The summed E-state index contributed by atoms with van der Waals surface area (Å²) in [5, 5.41) is 2.79. The van der Waals surface area contributed by atoms with Gasteiger partial charge in [-0.1, -0.05) is 24.3 Å². The van der Waals surface area contributed by atoms with Crippen molar-refractivity contribution in [3.05, 3.63) is 101 Å². The first-order valence-electron chi connectivity index (χ1n) is 9.76. The van der Waals surface area contributed by atoms with Crippen molar-refractivity contribution in [2.24, 2.45) is 0 Å². The quantitative estimate of drug-likeness (QED) is 0.499. The smallest absolute Gasteiger partial charge is 0.262 e. The maximum absolute atomic E-state index is 12.2. The Morgan fingerprint density at radius 2 is 1.77 bits per heavy atom. The molecule has 7 heteroatoms. The van der Waals surface area contributed by atoms with E-state index in [0.717, 1.165) is 5.56 Å². The van der Waals surface area contributed by atoms with Gasteiger partial charge in [-0.2, -0.15) is 0 Å². The molecule has 0 radical (unpaired) electrons. The average Bonchev–Trinajstić information content (AvgIpc) is 2.77. The van der Waals surface area contributed by atoms with Gasteiger partial charge in [0.1, 0.15) is 23.8 Å². The molecule has 2 aromatic carbocycles. The van der Waals surface area contributed by atoms with Crippen LogP contribution in [0.15, 0.2) is 83.8 Å². The van der Waals surface area contributed by atoms with E-state index in [9.17, 15) is 9.59 Å². The molecule has 4 rings (SSSR count). The first-order chi connectivity index (χ1) is 15.1. The molecule has 0 saturated carbocycles. The first kappa shape index (κ1) is 20.2. The molecule has 156 valence electrons. The molecule has 4 aromatic rings. The van der Waals surface area contributed by atoms with Crippen LogP contribution in [0.4, 0.5) is 5.69 Å². The molecule has 0 atom stereocenters. The highest BCUT2D eigenvalue weighted by Gasteiger charge is 2.07. The van der Waals surface area contributed by atoms with Crippen molar-refractivity contribution in [1.82, 2.24) is 9.38 Å². The third-order valence-electron chi connectivity index (χ3n) is 4.49. The fraction of sp³-hybridized carbons (Fsp3) is 0.125. The van der Waals surface area contributed by atoms with Crippen molar-refractivity contribution in [2.45, 2.75) is 13.5 Å². The second-order valence-electron chi connectivity index (χ2n) is 6.98. The van der Waals surface area contributed by atoms with Gasteiger partial charge in [0.15, 0.2) is 6.61 Å². The van der Waals surface area contributed by atoms with Crippen LogP contribution in [0.2, 0.25) is 0 Å². The monoisotopic (exact) mass is 415 g/mol. The molecule has 2 heterocycles. The molecule has 0 aliphatic heterocycles. The molecular weight excluding hydrogens is 394 g/mol. The minimum atomic E-state index is -0.275. The second-order valence-corrected chi connectivity index (χ2v) is 6.98. The van der Waals surface area contributed by atoms with Crippen LogP contribution in [0.3, 0.4) is 0 Å². The molecule has 0 fully saturated rings. The van der Waals surface area contributed by atoms with Crippen LogP contribution in [0, 0.1) is 6.92 Å². The first-order valence-corrected chi connectivity index (χ1v) is 9.76. The number of aromatic nitrogens is 2. The number of rotatable bonds is 7. The number of pyridine rings is 1. The Balaban J connectivity index is 1.36. The zero-order valence-electron chi connectivity index (χ0n) is 16.9. The largest absolute Gasteiger partial charge is 0.487 e. The number of carbonyl (C=O) groups is 1. The van der Waals surface area contributed by atoms with Crippen molar-refractivity contribution < 1.29 is 14.3 Å². The highest BCUT2D eigenvalue weighted by atomic mass is 16.5. The van der Waals surface area contributed by atoms with E-state index in [1.807, 2.05) is 31.2 Å². The predicted octanol–water partition coefficient (Wildman–Crippen LogP) is 3.60. The standard InChI is InChI=1S/C24H21N3O4/c1-17-6-4-8-20(12-17)31-16-23(28)26-18-7-5-9-21(13-18)30-15-19-14-24(29)27-11-3-2-10-22(27)25-19/h2-14H,15-16H2,1H3,(H,26,28). The van der Waals surface area contributed by atoms with Gasteiger partial charge in [-0.3, -0.25) is 14.0 Å². The van der Waals surface area contributed by atoms with Crippen LogP contribution in [0.25, 0.3) is 5.65 Å². The van der Waals surface area contributed by atoms with Crippen molar-refractivity contribution >= 4 is 17.2 Å². The van der Waals surface area contributed by atoms with Crippen LogP contribution in [-0.4, -0.2) is 21.9 Å². The summed E-state index contributed by atoms with van der Waals surface area (Å²) in [6.45, 7) is 2.00. The molecule has 0 bridgehead atoms. The summed E-state index contributed by atoms with van der Waals surface area (Å²) < 4.78 is 12.8. The van der Waals surface area contributed by atoms with E-state index in [4.69, 9.17) is 9.47 Å². The topological polar surface area (TPSA) is 81.9 Å². The Hall–Kier alpha value is -4.13. The van der Waals surface area contributed by atoms with Gasteiger partial charge in [0.2, 0.25) is 0 Å². The highest BCUT2D eigenvalue weighted by Crippen LogP contribution is 2.19. The van der Waals surface area contributed by atoms with Gasteiger partial charge < -0.3 is 14.8 Å². The number of amides is 1. The van der Waals surface area contributed by atoms with Crippen LogP contribution in [-0.2, 0) is 11.4 Å². The molecule has 1 N–H and O–H groups in total. The number of anilines is 1. The number of hydrogen-bond acceptors (Lipinski definition) is 5. The van der Waals surface area contributed by atoms with Crippen molar-refractivity contribution in [1.29, 1.82) is 0 Å². The summed E-state index contributed by atoms with van der Waals surface area (Å²) in [7, 11) is 0. The van der Waals surface area contributed by atoms with E-state index in [1.165, 1.54) is 10.5 Å². The number of nitrogens with one attached hydrogen (secondary N) is 1. The SMILES string of the molecule is Cc1cccc(OCC(=O)Nc2cccc(OCc3cc(=O)n4ccccc4n3)c2)c1. The fourth-order valence-electron chi connectivity index (χ4n) is 3.05. The van der Waals surface area contributed by atoms with Crippen molar-refractivity contribution in [3.63, 3.8) is 0 Å². The number of fused-ring (bicyclic) bond motifs is 1. The summed E-state index contributed by atoms with van der Waals surface area (Å²) in [5.74, 6) is 0.918. The summed E-state index contributed by atoms with van der Waals surface area (Å²) >= 11 is 0. The lowest BCUT2D eigenvalue weighted by Crippen LogP contribution is -2.20. The molecule has 1 amide bonds. The fourth-order valence-corrected chi connectivity index (χ4v) is 3.05. The van der Waals surface area contributed by atoms with Gasteiger partial charge in [0, 0.05) is 24.0 Å². The number of ether oxygens (including phenoxy) is 2. The molecule has 7 nitrogen and oxygen atoms in total. The third kappa shape index (κ3) is 5.27. The lowest BCUT2D eigenvalue weighted by molar-refractivity contribution is -0.118. The minimum Gasteiger partial charge on any atom is -0.487 e. The molecule has 0 aliphatic carbocycles. The molecule has 0 spiro atoms. The van der Waals surface area contributed by atoms with E-state index in [-0.39, 0.29) is 24.7 Å². The lowest BCUT2D eigenvalue weighted by atomic mass is 10.2. The Kier molecular flexibility index (Phi) is 5.93.